The first-order valence-corrected chi connectivity index (χ1v) is 7.72. The van der Waals surface area contributed by atoms with E-state index in [1.54, 1.807) is 6.20 Å². The van der Waals surface area contributed by atoms with Crippen molar-refractivity contribution in [1.82, 2.24) is 4.98 Å². The summed E-state index contributed by atoms with van der Waals surface area (Å²) in [4.78, 5) is 16.6. The molecule has 0 radical (unpaired) electrons. The van der Waals surface area contributed by atoms with Crippen LogP contribution in [0.3, 0.4) is 0 Å². The number of anilines is 1. The SMILES string of the molecule is CC1CC(CCc2ccccc2)=C(Nc2ccccn2)C1=O. The molecule has 3 nitrogen and oxygen atoms in total. The molecule has 22 heavy (non-hydrogen) atoms. The van der Waals surface area contributed by atoms with Gasteiger partial charge in [0.1, 0.15) is 5.82 Å². The van der Waals surface area contributed by atoms with E-state index in [9.17, 15) is 4.79 Å². The van der Waals surface area contributed by atoms with Crippen LogP contribution in [0.25, 0.3) is 0 Å². The van der Waals surface area contributed by atoms with Crippen molar-refractivity contribution >= 4 is 11.6 Å². The number of ketones is 1. The van der Waals surface area contributed by atoms with E-state index in [1.807, 2.05) is 31.2 Å². The minimum absolute atomic E-state index is 0.0667. The quantitative estimate of drug-likeness (QED) is 0.906. The number of aromatic nitrogens is 1. The van der Waals surface area contributed by atoms with Crippen molar-refractivity contribution in [2.45, 2.75) is 26.2 Å². The fraction of sp³-hybridized carbons (Fsp3) is 0.263. The molecule has 1 atom stereocenters. The number of nitrogens with zero attached hydrogens (tertiary/aromatic N) is 1. The molecule has 1 heterocycles. The minimum atomic E-state index is 0.0667. The van der Waals surface area contributed by atoms with Gasteiger partial charge in [-0.15, -0.1) is 0 Å². The highest BCUT2D eigenvalue weighted by molar-refractivity contribution is 6.02. The first-order valence-electron chi connectivity index (χ1n) is 7.72. The van der Waals surface area contributed by atoms with Crippen molar-refractivity contribution in [3.05, 3.63) is 71.6 Å². The summed E-state index contributed by atoms with van der Waals surface area (Å²) in [6.45, 7) is 2.00. The molecule has 1 aliphatic rings. The molecule has 3 heteroatoms. The Hall–Kier alpha value is -2.42. The van der Waals surface area contributed by atoms with E-state index in [4.69, 9.17) is 0 Å². The van der Waals surface area contributed by atoms with Gasteiger partial charge in [0, 0.05) is 12.1 Å². The normalized spacial score (nSPS) is 17.9. The molecule has 3 rings (SSSR count). The summed E-state index contributed by atoms with van der Waals surface area (Å²) in [5.74, 6) is 1.00. The standard InChI is InChI=1S/C19H20N2O/c1-14-13-16(11-10-15-7-3-2-4-8-15)18(19(14)22)21-17-9-5-6-12-20-17/h2-9,12,14H,10-11,13H2,1H3,(H,20,21). The highest BCUT2D eigenvalue weighted by atomic mass is 16.1. The summed E-state index contributed by atoms with van der Waals surface area (Å²) in [7, 11) is 0. The average molecular weight is 292 g/mol. The van der Waals surface area contributed by atoms with Crippen LogP contribution in [0.4, 0.5) is 5.82 Å². The van der Waals surface area contributed by atoms with E-state index in [2.05, 4.69) is 34.6 Å². The predicted octanol–water partition coefficient (Wildman–Crippen LogP) is 3.99. The lowest BCUT2D eigenvalue weighted by atomic mass is 10.0. The zero-order valence-electron chi connectivity index (χ0n) is 12.8. The lowest BCUT2D eigenvalue weighted by Crippen LogP contribution is -2.13. The zero-order chi connectivity index (χ0) is 15.4. The number of carbonyl (C=O) groups is 1. The van der Waals surface area contributed by atoms with Crippen LogP contribution in [0, 0.1) is 5.92 Å². The lowest BCUT2D eigenvalue weighted by molar-refractivity contribution is -0.117. The number of aryl methyl sites for hydroxylation is 1. The van der Waals surface area contributed by atoms with E-state index >= 15 is 0 Å². The van der Waals surface area contributed by atoms with Gasteiger partial charge in [0.2, 0.25) is 0 Å². The van der Waals surface area contributed by atoms with Gasteiger partial charge >= 0.3 is 0 Å². The van der Waals surface area contributed by atoms with Gasteiger partial charge in [-0.1, -0.05) is 43.3 Å². The molecule has 0 saturated carbocycles. The van der Waals surface area contributed by atoms with Crippen LogP contribution < -0.4 is 5.32 Å². The number of hydrogen-bond acceptors (Lipinski definition) is 3. The van der Waals surface area contributed by atoms with Gasteiger partial charge in [0.25, 0.3) is 0 Å². The molecule has 1 aliphatic carbocycles. The number of nitrogens with one attached hydrogen (secondary N) is 1. The third-order valence-corrected chi connectivity index (χ3v) is 4.08. The highest BCUT2D eigenvalue weighted by Gasteiger charge is 2.29. The van der Waals surface area contributed by atoms with Gasteiger partial charge in [-0.3, -0.25) is 4.79 Å². The summed E-state index contributed by atoms with van der Waals surface area (Å²) >= 11 is 0. The van der Waals surface area contributed by atoms with Crippen molar-refractivity contribution in [2.24, 2.45) is 5.92 Å². The van der Waals surface area contributed by atoms with Crippen LogP contribution in [0.5, 0.6) is 0 Å². The average Bonchev–Trinajstić information content (AvgIpc) is 2.83. The Morgan fingerprint density at radius 1 is 1.09 bits per heavy atom. The Morgan fingerprint density at radius 3 is 2.59 bits per heavy atom. The molecule has 0 spiro atoms. The number of benzene rings is 1. The molecule has 1 unspecified atom stereocenters. The van der Waals surface area contributed by atoms with E-state index < -0.39 is 0 Å². The van der Waals surface area contributed by atoms with Gasteiger partial charge in [0.05, 0.1) is 5.70 Å². The molecule has 0 saturated heterocycles. The smallest absolute Gasteiger partial charge is 0.182 e. The molecule has 0 fully saturated rings. The van der Waals surface area contributed by atoms with Crippen molar-refractivity contribution in [2.75, 3.05) is 5.32 Å². The summed E-state index contributed by atoms with van der Waals surface area (Å²) in [6.07, 6.45) is 4.45. The topological polar surface area (TPSA) is 42.0 Å². The summed E-state index contributed by atoms with van der Waals surface area (Å²) in [5.41, 5.74) is 3.27. The second-order valence-corrected chi connectivity index (χ2v) is 5.77. The van der Waals surface area contributed by atoms with Gasteiger partial charge in [-0.25, -0.2) is 4.98 Å². The highest BCUT2D eigenvalue weighted by Crippen LogP contribution is 2.31. The van der Waals surface area contributed by atoms with Crippen LogP contribution in [-0.2, 0) is 11.2 Å². The fourth-order valence-corrected chi connectivity index (χ4v) is 2.87. The first-order chi connectivity index (χ1) is 10.7. The van der Waals surface area contributed by atoms with Crippen molar-refractivity contribution < 1.29 is 4.79 Å². The Bertz CT molecular complexity index is 677. The molecular formula is C19H20N2O. The summed E-state index contributed by atoms with van der Waals surface area (Å²) in [6, 6.07) is 16.1. The Morgan fingerprint density at radius 2 is 1.86 bits per heavy atom. The largest absolute Gasteiger partial charge is 0.337 e. The maximum absolute atomic E-state index is 12.4. The van der Waals surface area contributed by atoms with E-state index in [-0.39, 0.29) is 11.7 Å². The summed E-state index contributed by atoms with van der Waals surface area (Å²) < 4.78 is 0. The van der Waals surface area contributed by atoms with Crippen LogP contribution in [0.1, 0.15) is 25.3 Å². The zero-order valence-corrected chi connectivity index (χ0v) is 12.8. The number of rotatable bonds is 5. The Balaban J connectivity index is 1.77. The van der Waals surface area contributed by atoms with Crippen LogP contribution >= 0.6 is 0 Å². The second-order valence-electron chi connectivity index (χ2n) is 5.77. The van der Waals surface area contributed by atoms with Crippen molar-refractivity contribution in [3.63, 3.8) is 0 Å². The lowest BCUT2D eigenvalue weighted by Gasteiger charge is -2.09. The molecule has 0 bridgehead atoms. The molecular weight excluding hydrogens is 272 g/mol. The third kappa shape index (κ3) is 3.25. The third-order valence-electron chi connectivity index (χ3n) is 4.08. The number of Topliss-reactive ketones (excluding diaryl/α,β-unsaturated/α-hetero) is 1. The molecule has 2 aromatic rings. The number of hydrogen-bond donors (Lipinski definition) is 1. The fourth-order valence-electron chi connectivity index (χ4n) is 2.87. The Labute approximate surface area is 131 Å². The van der Waals surface area contributed by atoms with Crippen LogP contribution in [0.15, 0.2) is 66.0 Å². The van der Waals surface area contributed by atoms with E-state index in [0.29, 0.717) is 0 Å². The van der Waals surface area contributed by atoms with Crippen LogP contribution in [0.2, 0.25) is 0 Å². The van der Waals surface area contributed by atoms with E-state index in [0.717, 1.165) is 30.8 Å². The van der Waals surface area contributed by atoms with Crippen LogP contribution in [-0.4, -0.2) is 10.8 Å². The maximum atomic E-state index is 12.4. The molecule has 1 aromatic heterocycles. The maximum Gasteiger partial charge on any atom is 0.182 e. The Kier molecular flexibility index (Phi) is 4.33. The molecule has 0 amide bonds. The van der Waals surface area contributed by atoms with E-state index in [1.165, 1.54) is 11.1 Å². The first kappa shape index (κ1) is 14.5. The molecule has 112 valence electrons. The van der Waals surface area contributed by atoms with Gasteiger partial charge < -0.3 is 5.32 Å². The van der Waals surface area contributed by atoms with Gasteiger partial charge in [-0.05, 0) is 42.5 Å². The van der Waals surface area contributed by atoms with Crippen molar-refractivity contribution in [3.8, 4) is 0 Å². The monoisotopic (exact) mass is 292 g/mol. The second kappa shape index (κ2) is 6.56. The molecule has 1 N–H and O–H groups in total. The number of carbonyl (C=O) groups excluding carboxylic acids is 1. The minimum Gasteiger partial charge on any atom is -0.337 e. The number of pyridine rings is 1. The molecule has 1 aromatic carbocycles. The number of allylic oxidation sites excluding steroid dienone is 2. The summed E-state index contributed by atoms with van der Waals surface area (Å²) in [5, 5.41) is 3.23. The predicted molar refractivity (Wildman–Crippen MR) is 88.4 cm³/mol. The van der Waals surface area contributed by atoms with Gasteiger partial charge in [-0.2, -0.15) is 0 Å². The molecule has 0 aliphatic heterocycles. The van der Waals surface area contributed by atoms with Gasteiger partial charge in [0.15, 0.2) is 5.78 Å². The van der Waals surface area contributed by atoms with Crippen molar-refractivity contribution in [1.29, 1.82) is 0 Å².